The molecule has 0 unspecified atom stereocenters. The molecule has 1 rings (SSSR count). The molecule has 0 aliphatic heterocycles. The Kier molecular flexibility index (Phi) is 4.58. The summed E-state index contributed by atoms with van der Waals surface area (Å²) in [6.45, 7) is 0. The number of nitrogens with two attached hydrogens (primary N) is 1. The SMILES string of the molecule is COC(=O)c1cccc(Cl)c1N=C(N)CCl. The quantitative estimate of drug-likeness (QED) is 0.393. The summed E-state index contributed by atoms with van der Waals surface area (Å²) in [6, 6.07) is 4.79. The van der Waals surface area contributed by atoms with Crippen molar-refractivity contribution in [1.29, 1.82) is 0 Å². The molecule has 0 aliphatic rings. The first-order chi connectivity index (χ1) is 7.60. The van der Waals surface area contributed by atoms with E-state index < -0.39 is 5.97 Å². The van der Waals surface area contributed by atoms with Crippen LogP contribution in [-0.4, -0.2) is 24.8 Å². The maximum Gasteiger partial charge on any atom is 0.340 e. The molecule has 16 heavy (non-hydrogen) atoms. The number of ether oxygens (including phenoxy) is 1. The highest BCUT2D eigenvalue weighted by Gasteiger charge is 2.14. The van der Waals surface area contributed by atoms with Gasteiger partial charge in [-0.2, -0.15) is 0 Å². The average Bonchev–Trinajstić information content (AvgIpc) is 2.30. The number of aliphatic imine (C=N–C) groups is 1. The van der Waals surface area contributed by atoms with E-state index in [4.69, 9.17) is 28.9 Å². The van der Waals surface area contributed by atoms with Gasteiger partial charge in [-0.3, -0.25) is 0 Å². The van der Waals surface area contributed by atoms with Crippen LogP contribution in [0.5, 0.6) is 0 Å². The standard InChI is InChI=1S/C10H10Cl2N2O2/c1-16-10(15)6-3-2-4-7(12)9(6)14-8(13)5-11/h2-4H,5H2,1H3,(H2,13,14). The van der Waals surface area contributed by atoms with Crippen molar-refractivity contribution in [2.24, 2.45) is 10.7 Å². The smallest absolute Gasteiger partial charge is 0.340 e. The van der Waals surface area contributed by atoms with E-state index in [9.17, 15) is 4.79 Å². The number of benzene rings is 1. The van der Waals surface area contributed by atoms with Gasteiger partial charge >= 0.3 is 5.97 Å². The predicted molar refractivity (Wildman–Crippen MR) is 64.8 cm³/mol. The van der Waals surface area contributed by atoms with Crippen LogP contribution in [0.1, 0.15) is 10.4 Å². The molecule has 0 heterocycles. The van der Waals surface area contributed by atoms with Crippen LogP contribution in [0.2, 0.25) is 5.02 Å². The molecule has 0 spiro atoms. The Morgan fingerprint density at radius 2 is 2.25 bits per heavy atom. The third-order valence-electron chi connectivity index (χ3n) is 1.78. The van der Waals surface area contributed by atoms with Crippen LogP contribution in [0.25, 0.3) is 0 Å². The van der Waals surface area contributed by atoms with Gasteiger partial charge in [0, 0.05) is 0 Å². The van der Waals surface area contributed by atoms with E-state index in [2.05, 4.69) is 9.73 Å². The first-order valence-corrected chi connectivity index (χ1v) is 5.27. The third kappa shape index (κ3) is 2.87. The van der Waals surface area contributed by atoms with Crippen molar-refractivity contribution in [3.05, 3.63) is 28.8 Å². The molecule has 0 saturated carbocycles. The van der Waals surface area contributed by atoms with Crippen molar-refractivity contribution >= 4 is 40.7 Å². The van der Waals surface area contributed by atoms with Gasteiger partial charge < -0.3 is 10.5 Å². The predicted octanol–water partition coefficient (Wildman–Crippen LogP) is 2.35. The molecule has 1 aromatic carbocycles. The van der Waals surface area contributed by atoms with Gasteiger partial charge in [0.15, 0.2) is 0 Å². The van der Waals surface area contributed by atoms with Gasteiger partial charge in [-0.1, -0.05) is 17.7 Å². The molecule has 0 aliphatic carbocycles. The molecule has 0 aromatic heterocycles. The van der Waals surface area contributed by atoms with Crippen molar-refractivity contribution in [2.45, 2.75) is 0 Å². The van der Waals surface area contributed by atoms with E-state index in [1.54, 1.807) is 18.2 Å². The lowest BCUT2D eigenvalue weighted by Gasteiger charge is -2.06. The molecule has 6 heteroatoms. The minimum absolute atomic E-state index is 0.0613. The molecule has 86 valence electrons. The van der Waals surface area contributed by atoms with Crippen LogP contribution >= 0.6 is 23.2 Å². The van der Waals surface area contributed by atoms with Gasteiger partial charge in [-0.15, -0.1) is 11.6 Å². The Labute approximate surface area is 103 Å². The number of amidine groups is 1. The number of methoxy groups -OCH3 is 1. The van der Waals surface area contributed by atoms with Crippen molar-refractivity contribution in [1.82, 2.24) is 0 Å². The Morgan fingerprint density at radius 1 is 1.56 bits per heavy atom. The molecular weight excluding hydrogens is 251 g/mol. The lowest BCUT2D eigenvalue weighted by atomic mass is 10.2. The highest BCUT2D eigenvalue weighted by molar-refractivity contribution is 6.34. The van der Waals surface area contributed by atoms with Crippen LogP contribution in [0.4, 0.5) is 5.69 Å². The lowest BCUT2D eigenvalue weighted by Crippen LogP contribution is -2.13. The molecule has 0 amide bonds. The second-order valence-corrected chi connectivity index (χ2v) is 3.54. The molecule has 0 atom stereocenters. The molecule has 2 N–H and O–H groups in total. The van der Waals surface area contributed by atoms with E-state index in [0.717, 1.165) is 0 Å². The molecule has 0 bridgehead atoms. The van der Waals surface area contributed by atoms with Gasteiger partial charge in [-0.25, -0.2) is 9.79 Å². The van der Waals surface area contributed by atoms with Crippen LogP contribution < -0.4 is 5.73 Å². The number of esters is 1. The topological polar surface area (TPSA) is 64.7 Å². The van der Waals surface area contributed by atoms with Crippen molar-refractivity contribution < 1.29 is 9.53 Å². The van der Waals surface area contributed by atoms with Crippen LogP contribution in [0.15, 0.2) is 23.2 Å². The fourth-order valence-electron chi connectivity index (χ4n) is 1.08. The van der Waals surface area contributed by atoms with Gasteiger partial charge in [0.05, 0.1) is 29.3 Å². The highest BCUT2D eigenvalue weighted by Crippen LogP contribution is 2.29. The summed E-state index contributed by atoms with van der Waals surface area (Å²) in [5.74, 6) is -0.283. The Balaban J connectivity index is 3.29. The second-order valence-electron chi connectivity index (χ2n) is 2.86. The molecular formula is C10H10Cl2N2O2. The van der Waals surface area contributed by atoms with E-state index in [1.807, 2.05) is 0 Å². The number of hydrogen-bond acceptors (Lipinski definition) is 3. The van der Waals surface area contributed by atoms with Gasteiger partial charge in [-0.05, 0) is 12.1 Å². The first kappa shape index (κ1) is 12.8. The third-order valence-corrected chi connectivity index (χ3v) is 2.36. The Morgan fingerprint density at radius 3 is 2.81 bits per heavy atom. The average molecular weight is 261 g/mol. The van der Waals surface area contributed by atoms with Crippen LogP contribution in [0.3, 0.4) is 0 Å². The molecule has 0 saturated heterocycles. The number of alkyl halides is 1. The summed E-state index contributed by atoms with van der Waals surface area (Å²) in [5.41, 5.74) is 6.02. The van der Waals surface area contributed by atoms with E-state index in [1.165, 1.54) is 7.11 Å². The van der Waals surface area contributed by atoms with Crippen LogP contribution in [-0.2, 0) is 4.74 Å². The van der Waals surface area contributed by atoms with Crippen LogP contribution in [0, 0.1) is 0 Å². The summed E-state index contributed by atoms with van der Waals surface area (Å²) in [5, 5.41) is 0.316. The largest absolute Gasteiger partial charge is 0.465 e. The van der Waals surface area contributed by atoms with E-state index in [-0.39, 0.29) is 23.0 Å². The molecule has 4 nitrogen and oxygen atoms in total. The molecule has 0 fully saturated rings. The number of carbonyl (C=O) groups is 1. The minimum Gasteiger partial charge on any atom is -0.465 e. The fourth-order valence-corrected chi connectivity index (χ4v) is 1.35. The number of nitrogens with zero attached hydrogens (tertiary/aromatic N) is 1. The summed E-state index contributed by atoms with van der Waals surface area (Å²) < 4.78 is 4.61. The monoisotopic (exact) mass is 260 g/mol. The van der Waals surface area contributed by atoms with Gasteiger partial charge in [0.2, 0.25) is 0 Å². The van der Waals surface area contributed by atoms with E-state index >= 15 is 0 Å². The maximum atomic E-state index is 11.4. The number of hydrogen-bond donors (Lipinski definition) is 1. The Bertz CT molecular complexity index is 433. The zero-order valence-electron chi connectivity index (χ0n) is 8.54. The zero-order valence-corrected chi connectivity index (χ0v) is 10.0. The molecule has 0 radical (unpaired) electrons. The summed E-state index contributed by atoms with van der Waals surface area (Å²) in [7, 11) is 1.28. The van der Waals surface area contributed by atoms with Crippen molar-refractivity contribution in [3.8, 4) is 0 Å². The molecule has 1 aromatic rings. The van der Waals surface area contributed by atoms with Gasteiger partial charge in [0.1, 0.15) is 5.84 Å². The first-order valence-electron chi connectivity index (χ1n) is 4.36. The Hall–Kier alpha value is -1.26. The fraction of sp³-hybridized carbons (Fsp3) is 0.200. The number of carbonyl (C=O) groups excluding carboxylic acids is 1. The second kappa shape index (κ2) is 5.72. The summed E-state index contributed by atoms with van der Waals surface area (Å²) in [4.78, 5) is 15.4. The summed E-state index contributed by atoms with van der Waals surface area (Å²) >= 11 is 11.4. The minimum atomic E-state index is -0.524. The maximum absolute atomic E-state index is 11.4. The number of rotatable bonds is 3. The number of para-hydroxylation sites is 1. The highest BCUT2D eigenvalue weighted by atomic mass is 35.5. The lowest BCUT2D eigenvalue weighted by molar-refractivity contribution is 0.0602. The zero-order chi connectivity index (χ0) is 12.1. The number of halogens is 2. The van der Waals surface area contributed by atoms with E-state index in [0.29, 0.717) is 5.02 Å². The van der Waals surface area contributed by atoms with Gasteiger partial charge in [0.25, 0.3) is 0 Å². The normalized spacial score (nSPS) is 11.3. The van der Waals surface area contributed by atoms with Crippen molar-refractivity contribution in [2.75, 3.05) is 13.0 Å². The summed E-state index contributed by atoms with van der Waals surface area (Å²) in [6.07, 6.45) is 0. The van der Waals surface area contributed by atoms with Crippen molar-refractivity contribution in [3.63, 3.8) is 0 Å².